The van der Waals surface area contributed by atoms with Gasteiger partial charge in [-0.1, -0.05) is 0 Å². The van der Waals surface area contributed by atoms with Gasteiger partial charge in [-0.25, -0.2) is 9.67 Å². The molecule has 1 fully saturated rings. The summed E-state index contributed by atoms with van der Waals surface area (Å²) in [5.74, 6) is 1.87. The van der Waals surface area contributed by atoms with Crippen molar-refractivity contribution in [3.63, 3.8) is 0 Å². The lowest BCUT2D eigenvalue weighted by Gasteiger charge is -2.21. The van der Waals surface area contributed by atoms with Crippen molar-refractivity contribution in [2.24, 2.45) is 11.7 Å². The molecule has 80 valence electrons. The van der Waals surface area contributed by atoms with Gasteiger partial charge in [-0.3, -0.25) is 0 Å². The SMILES string of the molecule is Cc1nc(C)n(CC(N)(C#N)C2CC2)n1. The van der Waals surface area contributed by atoms with Gasteiger partial charge in [0, 0.05) is 0 Å². The zero-order chi connectivity index (χ0) is 11.1. The van der Waals surface area contributed by atoms with Gasteiger partial charge in [0.1, 0.15) is 17.2 Å². The lowest BCUT2D eigenvalue weighted by atomic mass is 9.97. The second kappa shape index (κ2) is 3.31. The molecule has 0 bridgehead atoms. The Morgan fingerprint density at radius 1 is 1.60 bits per heavy atom. The van der Waals surface area contributed by atoms with E-state index in [1.54, 1.807) is 4.68 Å². The zero-order valence-corrected chi connectivity index (χ0v) is 9.06. The summed E-state index contributed by atoms with van der Waals surface area (Å²) in [6.45, 7) is 4.16. The van der Waals surface area contributed by atoms with Crippen molar-refractivity contribution in [2.75, 3.05) is 0 Å². The Labute approximate surface area is 88.9 Å². The molecule has 5 nitrogen and oxygen atoms in total. The molecule has 0 aromatic carbocycles. The molecule has 0 amide bonds. The molecule has 2 N–H and O–H groups in total. The minimum Gasteiger partial charge on any atom is -0.312 e. The van der Waals surface area contributed by atoms with Crippen molar-refractivity contribution in [2.45, 2.75) is 38.8 Å². The largest absolute Gasteiger partial charge is 0.312 e. The van der Waals surface area contributed by atoms with E-state index in [4.69, 9.17) is 11.0 Å². The number of aromatic nitrogens is 3. The van der Waals surface area contributed by atoms with Crippen molar-refractivity contribution >= 4 is 0 Å². The Kier molecular flexibility index (Phi) is 2.24. The van der Waals surface area contributed by atoms with Crippen LogP contribution in [0.1, 0.15) is 24.5 Å². The fourth-order valence-corrected chi connectivity index (χ4v) is 1.81. The molecule has 0 spiro atoms. The van der Waals surface area contributed by atoms with Crippen molar-refractivity contribution in [3.8, 4) is 6.07 Å². The van der Waals surface area contributed by atoms with E-state index in [1.807, 2.05) is 13.8 Å². The molecule has 5 heteroatoms. The highest BCUT2D eigenvalue weighted by atomic mass is 15.4. The standard InChI is InChI=1S/C10H15N5/c1-7-13-8(2)15(14-7)6-10(12,5-11)9-3-4-9/h9H,3-4,6,12H2,1-2H3. The van der Waals surface area contributed by atoms with Crippen LogP contribution in [0.2, 0.25) is 0 Å². The maximum atomic E-state index is 9.12. The molecule has 0 radical (unpaired) electrons. The van der Waals surface area contributed by atoms with Crippen molar-refractivity contribution in [1.29, 1.82) is 5.26 Å². The minimum atomic E-state index is -0.773. The van der Waals surface area contributed by atoms with Gasteiger partial charge in [0.15, 0.2) is 0 Å². The highest BCUT2D eigenvalue weighted by Gasteiger charge is 2.43. The molecule has 2 rings (SSSR count). The molecular formula is C10H15N5. The van der Waals surface area contributed by atoms with Gasteiger partial charge in [-0.15, -0.1) is 0 Å². The van der Waals surface area contributed by atoms with Crippen LogP contribution in [-0.4, -0.2) is 20.3 Å². The second-order valence-electron chi connectivity index (χ2n) is 4.29. The van der Waals surface area contributed by atoms with E-state index < -0.39 is 5.54 Å². The number of nitrogens with zero attached hydrogens (tertiary/aromatic N) is 4. The van der Waals surface area contributed by atoms with Crippen molar-refractivity contribution < 1.29 is 0 Å². The molecule has 15 heavy (non-hydrogen) atoms. The molecule has 0 saturated heterocycles. The average Bonchev–Trinajstić information content (AvgIpc) is 2.96. The highest BCUT2D eigenvalue weighted by molar-refractivity contribution is 5.13. The van der Waals surface area contributed by atoms with E-state index in [0.29, 0.717) is 12.5 Å². The van der Waals surface area contributed by atoms with Crippen molar-refractivity contribution in [1.82, 2.24) is 14.8 Å². The number of aryl methyl sites for hydroxylation is 2. The van der Waals surface area contributed by atoms with Gasteiger partial charge in [0.05, 0.1) is 12.6 Å². The summed E-state index contributed by atoms with van der Waals surface area (Å²) >= 11 is 0. The van der Waals surface area contributed by atoms with E-state index in [1.165, 1.54) is 0 Å². The summed E-state index contributed by atoms with van der Waals surface area (Å²) in [5, 5.41) is 13.3. The molecule has 1 heterocycles. The third kappa shape index (κ3) is 1.85. The molecule has 1 saturated carbocycles. The van der Waals surface area contributed by atoms with Crippen LogP contribution in [0.15, 0.2) is 0 Å². The fourth-order valence-electron chi connectivity index (χ4n) is 1.81. The quantitative estimate of drug-likeness (QED) is 0.780. The summed E-state index contributed by atoms with van der Waals surface area (Å²) in [7, 11) is 0. The summed E-state index contributed by atoms with van der Waals surface area (Å²) < 4.78 is 1.73. The van der Waals surface area contributed by atoms with Gasteiger partial charge in [-0.05, 0) is 32.6 Å². The lowest BCUT2D eigenvalue weighted by molar-refractivity contribution is 0.378. The van der Waals surface area contributed by atoms with E-state index in [0.717, 1.165) is 24.5 Å². The summed E-state index contributed by atoms with van der Waals surface area (Å²) in [6, 6.07) is 2.21. The first-order valence-corrected chi connectivity index (χ1v) is 5.13. The Balaban J connectivity index is 2.20. The number of nitrogens with two attached hydrogens (primary N) is 1. The van der Waals surface area contributed by atoms with Crippen LogP contribution < -0.4 is 5.73 Å². The molecule has 1 aliphatic carbocycles. The maximum Gasteiger partial charge on any atom is 0.147 e. The first-order chi connectivity index (χ1) is 7.05. The summed E-state index contributed by atoms with van der Waals surface area (Å²) in [5.41, 5.74) is 5.29. The van der Waals surface area contributed by atoms with Crippen LogP contribution in [0.25, 0.3) is 0 Å². The highest BCUT2D eigenvalue weighted by Crippen LogP contribution is 2.38. The third-order valence-corrected chi connectivity index (χ3v) is 2.89. The second-order valence-corrected chi connectivity index (χ2v) is 4.29. The molecule has 1 unspecified atom stereocenters. The number of hydrogen-bond donors (Lipinski definition) is 1. The van der Waals surface area contributed by atoms with E-state index in [2.05, 4.69) is 16.2 Å². The van der Waals surface area contributed by atoms with Crippen LogP contribution in [0.3, 0.4) is 0 Å². The predicted molar refractivity (Wildman–Crippen MR) is 54.8 cm³/mol. The third-order valence-electron chi connectivity index (χ3n) is 2.89. The minimum absolute atomic E-state index is 0.325. The topological polar surface area (TPSA) is 80.5 Å². The Morgan fingerprint density at radius 3 is 2.67 bits per heavy atom. The van der Waals surface area contributed by atoms with Gasteiger partial charge in [-0.2, -0.15) is 10.4 Å². The van der Waals surface area contributed by atoms with Crippen LogP contribution >= 0.6 is 0 Å². The van der Waals surface area contributed by atoms with Crippen molar-refractivity contribution in [3.05, 3.63) is 11.6 Å². The smallest absolute Gasteiger partial charge is 0.147 e. The normalized spacial score (nSPS) is 19.6. The lowest BCUT2D eigenvalue weighted by Crippen LogP contribution is -2.45. The number of nitriles is 1. The Hall–Kier alpha value is -1.41. The van der Waals surface area contributed by atoms with Crippen LogP contribution in [0.4, 0.5) is 0 Å². The fraction of sp³-hybridized carbons (Fsp3) is 0.700. The molecule has 1 aromatic heterocycles. The van der Waals surface area contributed by atoms with Gasteiger partial charge in [0.2, 0.25) is 0 Å². The van der Waals surface area contributed by atoms with E-state index >= 15 is 0 Å². The summed E-state index contributed by atoms with van der Waals surface area (Å²) in [6.07, 6.45) is 2.10. The molecular weight excluding hydrogens is 190 g/mol. The molecule has 1 atom stereocenters. The molecule has 1 aliphatic rings. The summed E-state index contributed by atoms with van der Waals surface area (Å²) in [4.78, 5) is 4.20. The average molecular weight is 205 g/mol. The predicted octanol–water partition coefficient (Wildman–Crippen LogP) is 0.526. The van der Waals surface area contributed by atoms with Gasteiger partial charge in [0.25, 0.3) is 0 Å². The monoisotopic (exact) mass is 205 g/mol. The van der Waals surface area contributed by atoms with E-state index in [9.17, 15) is 0 Å². The Bertz CT molecular complexity index is 412. The zero-order valence-electron chi connectivity index (χ0n) is 9.06. The Morgan fingerprint density at radius 2 is 2.27 bits per heavy atom. The van der Waals surface area contributed by atoms with Crippen LogP contribution in [0, 0.1) is 31.1 Å². The van der Waals surface area contributed by atoms with E-state index in [-0.39, 0.29) is 0 Å². The first kappa shape index (κ1) is 10.1. The van der Waals surface area contributed by atoms with Crippen LogP contribution in [-0.2, 0) is 6.54 Å². The van der Waals surface area contributed by atoms with Gasteiger partial charge >= 0.3 is 0 Å². The maximum absolute atomic E-state index is 9.12. The van der Waals surface area contributed by atoms with Crippen LogP contribution in [0.5, 0.6) is 0 Å². The first-order valence-electron chi connectivity index (χ1n) is 5.13. The number of rotatable bonds is 3. The van der Waals surface area contributed by atoms with Gasteiger partial charge < -0.3 is 5.73 Å². The molecule has 0 aliphatic heterocycles. The number of hydrogen-bond acceptors (Lipinski definition) is 4. The molecule has 1 aromatic rings.